The molecule has 6 nitrogen and oxygen atoms in total. The molecule has 1 aromatic carbocycles. The van der Waals surface area contributed by atoms with E-state index in [0.717, 1.165) is 47.3 Å². The molecule has 1 amide bonds. The van der Waals surface area contributed by atoms with Gasteiger partial charge in [0.1, 0.15) is 5.82 Å². The number of amides is 1. The van der Waals surface area contributed by atoms with E-state index in [4.69, 9.17) is 11.6 Å². The summed E-state index contributed by atoms with van der Waals surface area (Å²) in [7, 11) is 1.96. The number of nitrogens with one attached hydrogen (secondary N) is 1. The predicted molar refractivity (Wildman–Crippen MR) is 118 cm³/mol. The van der Waals surface area contributed by atoms with Crippen molar-refractivity contribution in [3.8, 4) is 0 Å². The van der Waals surface area contributed by atoms with Crippen molar-refractivity contribution in [1.29, 1.82) is 0 Å². The Morgan fingerprint density at radius 2 is 2.00 bits per heavy atom. The molecule has 0 unspecified atom stereocenters. The summed E-state index contributed by atoms with van der Waals surface area (Å²) in [5.41, 5.74) is 1.63. The van der Waals surface area contributed by atoms with Gasteiger partial charge in [0.05, 0.1) is 11.1 Å². The molecule has 3 aromatic rings. The number of aromatic nitrogens is 4. The van der Waals surface area contributed by atoms with Crippen molar-refractivity contribution in [1.82, 2.24) is 25.1 Å². The van der Waals surface area contributed by atoms with Crippen molar-refractivity contribution in [2.45, 2.75) is 42.0 Å². The maximum Gasteiger partial charge on any atom is 0.230 e. The molecule has 156 valence electrons. The van der Waals surface area contributed by atoms with E-state index >= 15 is 0 Å². The Morgan fingerprint density at radius 3 is 2.67 bits per heavy atom. The van der Waals surface area contributed by atoms with E-state index in [1.54, 1.807) is 18.0 Å². The highest BCUT2D eigenvalue weighted by molar-refractivity contribution is 7.98. The lowest BCUT2D eigenvalue weighted by Crippen LogP contribution is -2.49. The second kappa shape index (κ2) is 9.18. The van der Waals surface area contributed by atoms with Gasteiger partial charge in [-0.05, 0) is 42.7 Å². The van der Waals surface area contributed by atoms with Crippen LogP contribution in [-0.4, -0.2) is 32.2 Å². The molecule has 0 atom stereocenters. The summed E-state index contributed by atoms with van der Waals surface area (Å²) >= 11 is 7.61. The number of nitrogens with zero attached hydrogens (tertiary/aromatic N) is 4. The number of carbonyl (C=O) groups excluding carboxylic acids is 1. The van der Waals surface area contributed by atoms with Crippen LogP contribution < -0.4 is 5.32 Å². The molecular formula is C22H24ClN5OS. The molecule has 1 aliphatic carbocycles. The molecule has 0 saturated heterocycles. The number of benzene rings is 1. The molecule has 8 heteroatoms. The number of carbonyl (C=O) groups is 1. The number of hydrogen-bond acceptors (Lipinski definition) is 5. The Kier molecular flexibility index (Phi) is 6.39. The molecule has 2 aromatic heterocycles. The zero-order valence-electron chi connectivity index (χ0n) is 16.8. The minimum atomic E-state index is -0.422. The SMILES string of the molecule is Cn1c(CCNC(=O)C2(c3ccc(Cl)cc3)CCC2)nnc1SCc1ccccn1. The van der Waals surface area contributed by atoms with E-state index in [-0.39, 0.29) is 5.91 Å². The molecule has 1 aliphatic rings. The van der Waals surface area contributed by atoms with Crippen LogP contribution in [0.15, 0.2) is 53.8 Å². The summed E-state index contributed by atoms with van der Waals surface area (Å²) in [5.74, 6) is 1.68. The molecule has 1 fully saturated rings. The van der Waals surface area contributed by atoms with Crippen LogP contribution >= 0.6 is 23.4 Å². The Morgan fingerprint density at radius 1 is 1.20 bits per heavy atom. The molecule has 30 heavy (non-hydrogen) atoms. The second-order valence-corrected chi connectivity index (χ2v) is 8.89. The minimum absolute atomic E-state index is 0.0861. The molecule has 1 saturated carbocycles. The zero-order chi connectivity index (χ0) is 21.0. The van der Waals surface area contributed by atoms with Crippen LogP contribution in [-0.2, 0) is 29.4 Å². The third-order valence-electron chi connectivity index (χ3n) is 5.67. The average Bonchev–Trinajstić information content (AvgIpc) is 3.07. The smallest absolute Gasteiger partial charge is 0.230 e. The lowest BCUT2D eigenvalue weighted by molar-refractivity contribution is -0.129. The highest BCUT2D eigenvalue weighted by Gasteiger charge is 2.45. The molecular weight excluding hydrogens is 418 g/mol. The van der Waals surface area contributed by atoms with Crippen molar-refractivity contribution in [2.24, 2.45) is 7.05 Å². The van der Waals surface area contributed by atoms with Crippen molar-refractivity contribution < 1.29 is 4.79 Å². The fourth-order valence-electron chi connectivity index (χ4n) is 3.71. The van der Waals surface area contributed by atoms with Gasteiger partial charge in [0.2, 0.25) is 5.91 Å². The van der Waals surface area contributed by atoms with Crippen LogP contribution in [0.1, 0.15) is 36.3 Å². The Labute approximate surface area is 185 Å². The quantitative estimate of drug-likeness (QED) is 0.536. The van der Waals surface area contributed by atoms with E-state index in [2.05, 4.69) is 20.5 Å². The molecule has 0 radical (unpaired) electrons. The van der Waals surface area contributed by atoms with Gasteiger partial charge in [-0.15, -0.1) is 10.2 Å². The van der Waals surface area contributed by atoms with Crippen LogP contribution in [0.4, 0.5) is 0 Å². The first-order chi connectivity index (χ1) is 14.6. The van der Waals surface area contributed by atoms with E-state index in [9.17, 15) is 4.79 Å². The van der Waals surface area contributed by atoms with Crippen LogP contribution in [0.2, 0.25) is 5.02 Å². The van der Waals surface area contributed by atoms with Gasteiger partial charge >= 0.3 is 0 Å². The summed E-state index contributed by atoms with van der Waals surface area (Å²) < 4.78 is 1.98. The number of hydrogen-bond donors (Lipinski definition) is 1. The summed E-state index contributed by atoms with van der Waals surface area (Å²) in [5, 5.41) is 13.2. The van der Waals surface area contributed by atoms with Gasteiger partial charge < -0.3 is 9.88 Å². The number of halogens is 1. The van der Waals surface area contributed by atoms with E-state index in [0.29, 0.717) is 18.0 Å². The van der Waals surface area contributed by atoms with Gasteiger partial charge in [-0.3, -0.25) is 9.78 Å². The Hall–Kier alpha value is -2.38. The normalized spacial score (nSPS) is 14.9. The largest absolute Gasteiger partial charge is 0.355 e. The van der Waals surface area contributed by atoms with Crippen LogP contribution in [0.3, 0.4) is 0 Å². The van der Waals surface area contributed by atoms with Gasteiger partial charge in [0.25, 0.3) is 0 Å². The van der Waals surface area contributed by atoms with Crippen LogP contribution in [0.25, 0.3) is 0 Å². The highest BCUT2D eigenvalue weighted by atomic mass is 35.5. The first kappa shape index (κ1) is 20.9. The van der Waals surface area contributed by atoms with Gasteiger partial charge in [-0.25, -0.2) is 0 Å². The third-order valence-corrected chi connectivity index (χ3v) is 6.98. The lowest BCUT2D eigenvalue weighted by Gasteiger charge is -2.40. The predicted octanol–water partition coefficient (Wildman–Crippen LogP) is 3.94. The van der Waals surface area contributed by atoms with Crippen molar-refractivity contribution in [3.63, 3.8) is 0 Å². The Balaban J connectivity index is 1.32. The van der Waals surface area contributed by atoms with Gasteiger partial charge in [-0.2, -0.15) is 0 Å². The molecule has 1 N–H and O–H groups in total. The highest BCUT2D eigenvalue weighted by Crippen LogP contribution is 2.44. The van der Waals surface area contributed by atoms with E-state index in [1.165, 1.54) is 0 Å². The standard InChI is InChI=1S/C22H24ClN5OS/c1-28-19(26-27-21(28)30-15-18-5-2-3-13-24-18)10-14-25-20(29)22(11-4-12-22)16-6-8-17(23)9-7-16/h2-3,5-9,13H,4,10-12,14-15H2,1H3,(H,25,29). The summed E-state index contributed by atoms with van der Waals surface area (Å²) in [6.45, 7) is 0.533. The van der Waals surface area contributed by atoms with E-state index < -0.39 is 5.41 Å². The van der Waals surface area contributed by atoms with Crippen molar-refractivity contribution >= 4 is 29.3 Å². The lowest BCUT2D eigenvalue weighted by atomic mass is 9.64. The zero-order valence-corrected chi connectivity index (χ0v) is 18.4. The maximum absolute atomic E-state index is 13.0. The minimum Gasteiger partial charge on any atom is -0.355 e. The van der Waals surface area contributed by atoms with Crippen LogP contribution in [0.5, 0.6) is 0 Å². The maximum atomic E-state index is 13.0. The van der Waals surface area contributed by atoms with Gasteiger partial charge in [-0.1, -0.05) is 48.0 Å². The van der Waals surface area contributed by atoms with Crippen molar-refractivity contribution in [2.75, 3.05) is 6.54 Å². The summed E-state index contributed by atoms with van der Waals surface area (Å²) in [6.07, 6.45) is 5.24. The third kappa shape index (κ3) is 4.37. The number of rotatable bonds is 8. The van der Waals surface area contributed by atoms with E-state index in [1.807, 2.05) is 54.1 Å². The molecule has 4 rings (SSSR count). The molecule has 0 aliphatic heterocycles. The van der Waals surface area contributed by atoms with Gasteiger partial charge in [0.15, 0.2) is 5.16 Å². The molecule has 2 heterocycles. The van der Waals surface area contributed by atoms with Crippen LogP contribution in [0, 0.1) is 0 Å². The first-order valence-corrected chi connectivity index (χ1v) is 11.4. The molecule has 0 spiro atoms. The molecule has 0 bridgehead atoms. The topological polar surface area (TPSA) is 72.7 Å². The van der Waals surface area contributed by atoms with Gasteiger partial charge in [0, 0.05) is 37.0 Å². The number of pyridine rings is 1. The summed E-state index contributed by atoms with van der Waals surface area (Å²) in [4.78, 5) is 17.3. The summed E-state index contributed by atoms with van der Waals surface area (Å²) in [6, 6.07) is 13.5. The fourth-order valence-corrected chi connectivity index (χ4v) is 4.68. The number of thioether (sulfide) groups is 1. The first-order valence-electron chi connectivity index (χ1n) is 10.0. The monoisotopic (exact) mass is 441 g/mol. The average molecular weight is 442 g/mol. The second-order valence-electron chi connectivity index (χ2n) is 7.52. The van der Waals surface area contributed by atoms with Crippen molar-refractivity contribution in [3.05, 3.63) is 70.8 Å². The fraction of sp³-hybridized carbons (Fsp3) is 0.364. The Bertz CT molecular complexity index is 1000.